The van der Waals surface area contributed by atoms with Gasteiger partial charge in [-0.05, 0) is 17.7 Å². The summed E-state index contributed by atoms with van der Waals surface area (Å²) in [5, 5.41) is 0. The molecule has 1 amide bonds. The highest BCUT2D eigenvalue weighted by Gasteiger charge is 2.18. The molecule has 0 atom stereocenters. The first-order chi connectivity index (χ1) is 7.25. The molecule has 1 heterocycles. The van der Waals surface area contributed by atoms with Crippen molar-refractivity contribution in [1.29, 1.82) is 0 Å². The molecule has 80 valence electrons. The zero-order chi connectivity index (χ0) is 10.7. The molecule has 0 spiro atoms. The molecular formula is C11H12FNOS. The van der Waals surface area contributed by atoms with Crippen LogP contribution >= 0.6 is 11.8 Å². The van der Waals surface area contributed by atoms with Crippen molar-refractivity contribution in [3.05, 3.63) is 35.6 Å². The number of hydrogen-bond acceptors (Lipinski definition) is 2. The molecule has 1 fully saturated rings. The second-order valence-corrected chi connectivity index (χ2v) is 4.57. The van der Waals surface area contributed by atoms with E-state index in [0.29, 0.717) is 6.42 Å². The van der Waals surface area contributed by atoms with Crippen molar-refractivity contribution in [3.8, 4) is 0 Å². The molecule has 1 aliphatic heterocycles. The monoisotopic (exact) mass is 225 g/mol. The molecule has 1 aromatic carbocycles. The van der Waals surface area contributed by atoms with Crippen molar-refractivity contribution in [3.63, 3.8) is 0 Å². The summed E-state index contributed by atoms with van der Waals surface area (Å²) in [7, 11) is 0. The minimum Gasteiger partial charge on any atom is -0.332 e. The average Bonchev–Trinajstić information content (AvgIpc) is 2.74. The highest BCUT2D eigenvalue weighted by molar-refractivity contribution is 7.99. The van der Waals surface area contributed by atoms with Crippen LogP contribution in [0.2, 0.25) is 0 Å². The topological polar surface area (TPSA) is 20.3 Å². The van der Waals surface area contributed by atoms with Crippen LogP contribution in [-0.2, 0) is 11.2 Å². The number of nitrogens with zero attached hydrogens (tertiary/aromatic N) is 1. The van der Waals surface area contributed by atoms with Gasteiger partial charge in [0.15, 0.2) is 0 Å². The lowest BCUT2D eigenvalue weighted by atomic mass is 10.1. The summed E-state index contributed by atoms with van der Waals surface area (Å²) in [6.07, 6.45) is 0.376. The van der Waals surface area contributed by atoms with Gasteiger partial charge in [-0.15, -0.1) is 11.8 Å². The third-order valence-electron chi connectivity index (χ3n) is 2.37. The second kappa shape index (κ2) is 4.66. The lowest BCUT2D eigenvalue weighted by Gasteiger charge is -2.13. The number of halogens is 1. The molecule has 0 saturated carbocycles. The van der Waals surface area contributed by atoms with Crippen molar-refractivity contribution in [2.45, 2.75) is 6.42 Å². The fraction of sp³-hybridized carbons (Fsp3) is 0.364. The molecule has 1 saturated heterocycles. The predicted octanol–water partition coefficient (Wildman–Crippen LogP) is 1.90. The Morgan fingerprint density at radius 2 is 2.13 bits per heavy atom. The van der Waals surface area contributed by atoms with Gasteiger partial charge in [-0.3, -0.25) is 4.79 Å². The molecule has 15 heavy (non-hydrogen) atoms. The van der Waals surface area contributed by atoms with Crippen molar-refractivity contribution in [1.82, 2.24) is 4.90 Å². The largest absolute Gasteiger partial charge is 0.332 e. The van der Waals surface area contributed by atoms with E-state index in [4.69, 9.17) is 0 Å². The summed E-state index contributed by atoms with van der Waals surface area (Å²) in [5.41, 5.74) is 0.873. The normalized spacial score (nSPS) is 15.7. The lowest BCUT2D eigenvalue weighted by molar-refractivity contribution is -0.128. The molecule has 0 aromatic heterocycles. The number of carbonyl (C=O) groups is 1. The molecule has 4 heteroatoms. The van der Waals surface area contributed by atoms with Gasteiger partial charge < -0.3 is 4.90 Å². The minimum atomic E-state index is -0.261. The third-order valence-corrected chi connectivity index (χ3v) is 3.34. The fourth-order valence-corrected chi connectivity index (χ4v) is 2.47. The van der Waals surface area contributed by atoms with E-state index in [1.807, 2.05) is 4.90 Å². The maximum absolute atomic E-state index is 12.6. The van der Waals surface area contributed by atoms with Crippen LogP contribution in [0.15, 0.2) is 24.3 Å². The Balaban J connectivity index is 1.96. The quantitative estimate of drug-likeness (QED) is 0.766. The zero-order valence-electron chi connectivity index (χ0n) is 8.28. The van der Waals surface area contributed by atoms with E-state index in [9.17, 15) is 9.18 Å². The summed E-state index contributed by atoms with van der Waals surface area (Å²) >= 11 is 1.77. The summed E-state index contributed by atoms with van der Waals surface area (Å²) in [6.45, 7) is 0.838. The highest BCUT2D eigenvalue weighted by Crippen LogP contribution is 2.15. The van der Waals surface area contributed by atoms with E-state index in [-0.39, 0.29) is 11.7 Å². The number of rotatable bonds is 2. The Morgan fingerprint density at radius 3 is 2.73 bits per heavy atom. The molecule has 0 aliphatic carbocycles. The summed E-state index contributed by atoms with van der Waals surface area (Å²) in [5.74, 6) is 1.68. The average molecular weight is 225 g/mol. The van der Waals surface area contributed by atoms with Crippen molar-refractivity contribution < 1.29 is 9.18 Å². The van der Waals surface area contributed by atoms with Crippen molar-refractivity contribution in [2.75, 3.05) is 18.2 Å². The number of hydrogen-bond donors (Lipinski definition) is 0. The van der Waals surface area contributed by atoms with Crippen LogP contribution in [0, 0.1) is 5.82 Å². The Kier molecular flexibility index (Phi) is 3.26. The standard InChI is InChI=1S/C11H12FNOS/c12-10-3-1-9(2-4-10)7-11(14)13-5-6-15-8-13/h1-4H,5-8H2. The maximum atomic E-state index is 12.6. The molecule has 0 N–H and O–H groups in total. The van der Waals surface area contributed by atoms with Gasteiger partial charge in [0.1, 0.15) is 5.82 Å². The van der Waals surface area contributed by atoms with E-state index >= 15 is 0 Å². The first-order valence-corrected chi connectivity index (χ1v) is 6.01. The van der Waals surface area contributed by atoms with Gasteiger partial charge in [-0.2, -0.15) is 0 Å². The van der Waals surface area contributed by atoms with E-state index in [0.717, 1.165) is 23.7 Å². The van der Waals surface area contributed by atoms with E-state index in [2.05, 4.69) is 0 Å². The Labute approximate surface area is 92.5 Å². The van der Waals surface area contributed by atoms with Crippen LogP contribution in [0.1, 0.15) is 5.56 Å². The van der Waals surface area contributed by atoms with Gasteiger partial charge in [0.2, 0.25) is 5.91 Å². The maximum Gasteiger partial charge on any atom is 0.227 e. The molecule has 1 aliphatic rings. The highest BCUT2D eigenvalue weighted by atomic mass is 32.2. The van der Waals surface area contributed by atoms with Crippen LogP contribution in [0.3, 0.4) is 0 Å². The molecule has 1 aromatic rings. The Bertz CT molecular complexity index is 346. The van der Waals surface area contributed by atoms with Gasteiger partial charge in [0, 0.05) is 12.3 Å². The molecule has 0 bridgehead atoms. The molecule has 0 unspecified atom stereocenters. The summed E-state index contributed by atoms with van der Waals surface area (Å²) < 4.78 is 12.6. The van der Waals surface area contributed by atoms with Gasteiger partial charge in [-0.25, -0.2) is 4.39 Å². The van der Waals surface area contributed by atoms with Gasteiger partial charge in [0.05, 0.1) is 12.3 Å². The summed E-state index contributed by atoms with van der Waals surface area (Å²) in [6, 6.07) is 6.11. The van der Waals surface area contributed by atoms with E-state index in [1.54, 1.807) is 23.9 Å². The molecular weight excluding hydrogens is 213 g/mol. The fourth-order valence-electron chi connectivity index (χ4n) is 1.50. The van der Waals surface area contributed by atoms with Gasteiger partial charge >= 0.3 is 0 Å². The minimum absolute atomic E-state index is 0.131. The summed E-state index contributed by atoms with van der Waals surface area (Å²) in [4.78, 5) is 13.6. The first-order valence-electron chi connectivity index (χ1n) is 4.85. The van der Waals surface area contributed by atoms with E-state index in [1.165, 1.54) is 12.1 Å². The van der Waals surface area contributed by atoms with Crippen LogP contribution in [-0.4, -0.2) is 29.0 Å². The van der Waals surface area contributed by atoms with Gasteiger partial charge in [0.25, 0.3) is 0 Å². The third kappa shape index (κ3) is 2.72. The zero-order valence-corrected chi connectivity index (χ0v) is 9.10. The van der Waals surface area contributed by atoms with Crippen LogP contribution < -0.4 is 0 Å². The smallest absolute Gasteiger partial charge is 0.227 e. The first kappa shape index (κ1) is 10.5. The molecule has 2 rings (SSSR count). The number of thioether (sulfide) groups is 1. The molecule has 2 nitrogen and oxygen atoms in total. The number of carbonyl (C=O) groups excluding carboxylic acids is 1. The van der Waals surface area contributed by atoms with Crippen LogP contribution in [0.4, 0.5) is 4.39 Å². The number of amides is 1. The Morgan fingerprint density at radius 1 is 1.40 bits per heavy atom. The van der Waals surface area contributed by atoms with Crippen LogP contribution in [0.25, 0.3) is 0 Å². The van der Waals surface area contributed by atoms with E-state index < -0.39 is 0 Å². The van der Waals surface area contributed by atoms with Crippen molar-refractivity contribution >= 4 is 17.7 Å². The SMILES string of the molecule is O=C(Cc1ccc(F)cc1)N1CCSC1. The molecule has 0 radical (unpaired) electrons. The number of benzene rings is 1. The second-order valence-electron chi connectivity index (χ2n) is 3.50. The van der Waals surface area contributed by atoms with Crippen LogP contribution in [0.5, 0.6) is 0 Å². The van der Waals surface area contributed by atoms with Gasteiger partial charge in [-0.1, -0.05) is 12.1 Å². The lowest BCUT2D eigenvalue weighted by Crippen LogP contribution is -2.29. The Hall–Kier alpha value is -1.03. The predicted molar refractivity (Wildman–Crippen MR) is 59.1 cm³/mol. The van der Waals surface area contributed by atoms with Crippen molar-refractivity contribution in [2.24, 2.45) is 0 Å².